The second-order valence-corrected chi connectivity index (χ2v) is 8.56. The van der Waals surface area contributed by atoms with Gasteiger partial charge in [0.2, 0.25) is 0 Å². The molecule has 0 aliphatic carbocycles. The van der Waals surface area contributed by atoms with Gasteiger partial charge in [-0.25, -0.2) is 0 Å². The van der Waals surface area contributed by atoms with Crippen molar-refractivity contribution in [3.63, 3.8) is 0 Å². The number of aromatic amines is 1. The van der Waals surface area contributed by atoms with Gasteiger partial charge in [-0.05, 0) is 41.8 Å². The molecular weight excluding hydrogens is 394 g/mol. The van der Waals surface area contributed by atoms with Crippen LogP contribution in [0.3, 0.4) is 0 Å². The van der Waals surface area contributed by atoms with Crippen LogP contribution >= 0.6 is 11.8 Å². The van der Waals surface area contributed by atoms with Gasteiger partial charge in [0.25, 0.3) is 11.5 Å². The van der Waals surface area contributed by atoms with E-state index < -0.39 is 11.5 Å². The van der Waals surface area contributed by atoms with Gasteiger partial charge in [-0.3, -0.25) is 9.59 Å². The van der Waals surface area contributed by atoms with Crippen molar-refractivity contribution in [3.05, 3.63) is 88.2 Å². The summed E-state index contributed by atoms with van der Waals surface area (Å²) in [4.78, 5) is 30.3. The first-order valence-electron chi connectivity index (χ1n) is 10.2. The lowest BCUT2D eigenvalue weighted by Crippen LogP contribution is -2.34. The van der Waals surface area contributed by atoms with Gasteiger partial charge in [-0.2, -0.15) is 11.8 Å². The Hall–Kier alpha value is -2.83. The Labute approximate surface area is 180 Å². The van der Waals surface area contributed by atoms with E-state index in [-0.39, 0.29) is 5.56 Å². The molecule has 1 saturated heterocycles. The van der Waals surface area contributed by atoms with Crippen LogP contribution in [0.5, 0.6) is 0 Å². The van der Waals surface area contributed by atoms with Crippen molar-refractivity contribution >= 4 is 23.4 Å². The predicted octanol–water partition coefficient (Wildman–Crippen LogP) is 3.89. The molecule has 0 saturated carbocycles. The van der Waals surface area contributed by atoms with E-state index in [0.717, 1.165) is 31.6 Å². The van der Waals surface area contributed by atoms with Gasteiger partial charge in [0.15, 0.2) is 0 Å². The van der Waals surface area contributed by atoms with E-state index in [9.17, 15) is 9.59 Å². The van der Waals surface area contributed by atoms with Gasteiger partial charge in [0.1, 0.15) is 5.56 Å². The number of carbonyl (C=O) groups excluding carboxylic acids is 1. The third-order valence-corrected chi connectivity index (χ3v) is 6.21. The molecule has 154 valence electrons. The summed E-state index contributed by atoms with van der Waals surface area (Å²) in [5.74, 6) is 2.03. The molecule has 1 aliphatic rings. The molecule has 0 spiro atoms. The summed E-state index contributed by atoms with van der Waals surface area (Å²) in [7, 11) is 0. The van der Waals surface area contributed by atoms with Crippen molar-refractivity contribution in [3.8, 4) is 11.3 Å². The Morgan fingerprint density at radius 1 is 0.967 bits per heavy atom. The van der Waals surface area contributed by atoms with Crippen molar-refractivity contribution in [2.45, 2.75) is 6.42 Å². The fourth-order valence-electron chi connectivity index (χ4n) is 3.50. The standard InChI is InChI=1S/C24H25N3O2S/c28-23(21-10-11-22(26-24(21)29)19-4-2-1-3-5-19)25-20-8-6-18(7-9-20)12-13-27-14-16-30-17-15-27/h1-11H,12-17H2,(H,25,28)(H,26,29). The summed E-state index contributed by atoms with van der Waals surface area (Å²) < 4.78 is 0. The average molecular weight is 420 g/mol. The molecule has 4 rings (SSSR count). The zero-order chi connectivity index (χ0) is 20.8. The number of rotatable bonds is 6. The number of nitrogens with one attached hydrogen (secondary N) is 2. The Bertz CT molecular complexity index is 1040. The number of thioether (sulfide) groups is 1. The molecule has 6 heteroatoms. The van der Waals surface area contributed by atoms with Crippen molar-refractivity contribution in [2.75, 3.05) is 36.5 Å². The smallest absolute Gasteiger partial charge is 0.261 e. The first kappa shape index (κ1) is 20.4. The minimum Gasteiger partial charge on any atom is -0.322 e. The summed E-state index contributed by atoms with van der Waals surface area (Å²) in [6.07, 6.45) is 1.000. The molecule has 1 aromatic heterocycles. The van der Waals surface area contributed by atoms with Gasteiger partial charge in [0, 0.05) is 42.5 Å². The van der Waals surface area contributed by atoms with Crippen molar-refractivity contribution in [1.29, 1.82) is 0 Å². The quantitative estimate of drug-likeness (QED) is 0.636. The van der Waals surface area contributed by atoms with E-state index in [1.807, 2.05) is 66.4 Å². The second-order valence-electron chi connectivity index (χ2n) is 7.34. The highest BCUT2D eigenvalue weighted by Gasteiger charge is 2.13. The molecule has 2 N–H and O–H groups in total. The van der Waals surface area contributed by atoms with E-state index in [1.54, 1.807) is 12.1 Å². The second kappa shape index (κ2) is 9.78. The Morgan fingerprint density at radius 2 is 1.70 bits per heavy atom. The largest absolute Gasteiger partial charge is 0.322 e. The summed E-state index contributed by atoms with van der Waals surface area (Å²) in [6, 6.07) is 20.8. The zero-order valence-corrected chi connectivity index (χ0v) is 17.6. The highest BCUT2D eigenvalue weighted by atomic mass is 32.2. The highest BCUT2D eigenvalue weighted by molar-refractivity contribution is 7.99. The zero-order valence-electron chi connectivity index (χ0n) is 16.8. The first-order valence-corrected chi connectivity index (χ1v) is 11.3. The van der Waals surface area contributed by atoms with Gasteiger partial charge in [-0.1, -0.05) is 42.5 Å². The van der Waals surface area contributed by atoms with Crippen molar-refractivity contribution in [1.82, 2.24) is 9.88 Å². The normalized spacial score (nSPS) is 14.4. The van der Waals surface area contributed by atoms with Crippen LogP contribution in [-0.4, -0.2) is 46.9 Å². The fraction of sp³-hybridized carbons (Fsp3) is 0.250. The number of nitrogens with zero attached hydrogens (tertiary/aromatic N) is 1. The molecule has 1 fully saturated rings. The Balaban J connectivity index is 1.37. The van der Waals surface area contributed by atoms with Gasteiger partial charge in [-0.15, -0.1) is 0 Å². The van der Waals surface area contributed by atoms with Crippen LogP contribution in [0.15, 0.2) is 71.5 Å². The van der Waals surface area contributed by atoms with Crippen LogP contribution in [0.1, 0.15) is 15.9 Å². The molecule has 2 aromatic carbocycles. The SMILES string of the molecule is O=C(Nc1ccc(CCN2CCSCC2)cc1)c1ccc(-c2ccccc2)[nH]c1=O. The lowest BCUT2D eigenvalue weighted by molar-refractivity contribution is 0.102. The minimum absolute atomic E-state index is 0.0988. The summed E-state index contributed by atoms with van der Waals surface area (Å²) in [5, 5.41) is 2.82. The summed E-state index contributed by atoms with van der Waals surface area (Å²) in [6.45, 7) is 3.39. The molecule has 0 bridgehead atoms. The maximum atomic E-state index is 12.6. The molecule has 3 aromatic rings. The molecule has 5 nitrogen and oxygen atoms in total. The van der Waals surface area contributed by atoms with E-state index >= 15 is 0 Å². The molecule has 30 heavy (non-hydrogen) atoms. The topological polar surface area (TPSA) is 65.2 Å². The van der Waals surface area contributed by atoms with Crippen molar-refractivity contribution in [2.24, 2.45) is 0 Å². The number of aromatic nitrogens is 1. The van der Waals surface area contributed by atoms with E-state index in [0.29, 0.717) is 11.4 Å². The highest BCUT2D eigenvalue weighted by Crippen LogP contribution is 2.16. The molecule has 0 atom stereocenters. The van der Waals surface area contributed by atoms with E-state index in [1.165, 1.54) is 17.1 Å². The summed E-state index contributed by atoms with van der Waals surface area (Å²) in [5.41, 5.74) is 3.22. The van der Waals surface area contributed by atoms with Crippen LogP contribution in [0.4, 0.5) is 5.69 Å². The maximum absolute atomic E-state index is 12.6. The number of anilines is 1. The number of carbonyl (C=O) groups is 1. The number of hydrogen-bond acceptors (Lipinski definition) is 4. The molecule has 0 radical (unpaired) electrons. The van der Waals surface area contributed by atoms with Gasteiger partial charge >= 0.3 is 0 Å². The Kier molecular flexibility index (Phi) is 6.67. The van der Waals surface area contributed by atoms with Crippen LogP contribution in [0, 0.1) is 0 Å². The van der Waals surface area contributed by atoms with E-state index in [2.05, 4.69) is 15.2 Å². The van der Waals surface area contributed by atoms with Gasteiger partial charge in [0.05, 0.1) is 0 Å². The minimum atomic E-state index is -0.408. The molecular formula is C24H25N3O2S. The van der Waals surface area contributed by atoms with Crippen LogP contribution < -0.4 is 10.9 Å². The molecule has 0 unspecified atom stereocenters. The number of pyridine rings is 1. The third kappa shape index (κ3) is 5.20. The van der Waals surface area contributed by atoms with Crippen LogP contribution in [0.25, 0.3) is 11.3 Å². The van der Waals surface area contributed by atoms with E-state index in [4.69, 9.17) is 0 Å². The van der Waals surface area contributed by atoms with Crippen LogP contribution in [0.2, 0.25) is 0 Å². The lowest BCUT2D eigenvalue weighted by atomic mass is 10.1. The first-order chi connectivity index (χ1) is 14.7. The molecule has 2 heterocycles. The Morgan fingerprint density at radius 3 is 2.40 bits per heavy atom. The number of benzene rings is 2. The number of hydrogen-bond donors (Lipinski definition) is 2. The molecule has 1 aliphatic heterocycles. The van der Waals surface area contributed by atoms with Crippen LogP contribution in [-0.2, 0) is 6.42 Å². The lowest BCUT2D eigenvalue weighted by Gasteiger charge is -2.26. The average Bonchev–Trinajstić information content (AvgIpc) is 2.80. The fourth-order valence-corrected chi connectivity index (χ4v) is 4.48. The monoisotopic (exact) mass is 419 g/mol. The predicted molar refractivity (Wildman–Crippen MR) is 124 cm³/mol. The number of H-pyrrole nitrogens is 1. The van der Waals surface area contributed by atoms with Gasteiger partial charge < -0.3 is 15.2 Å². The summed E-state index contributed by atoms with van der Waals surface area (Å²) >= 11 is 2.02. The third-order valence-electron chi connectivity index (χ3n) is 5.27. The maximum Gasteiger partial charge on any atom is 0.261 e. The number of amides is 1. The molecule has 1 amide bonds. The van der Waals surface area contributed by atoms with Crippen molar-refractivity contribution < 1.29 is 4.79 Å².